The lowest BCUT2D eigenvalue weighted by molar-refractivity contribution is -0.384. The summed E-state index contributed by atoms with van der Waals surface area (Å²) in [6.07, 6.45) is 0.924. The Hall–Kier alpha value is -2.31. The van der Waals surface area contributed by atoms with Crippen molar-refractivity contribution in [1.82, 2.24) is 5.32 Å². The van der Waals surface area contributed by atoms with Crippen molar-refractivity contribution in [2.45, 2.75) is 20.3 Å². The van der Waals surface area contributed by atoms with Crippen molar-refractivity contribution in [3.63, 3.8) is 0 Å². The zero-order chi connectivity index (χ0) is 15.8. The van der Waals surface area contributed by atoms with E-state index in [4.69, 9.17) is 0 Å². The first-order valence-corrected chi connectivity index (χ1v) is 7.00. The number of hydrogen-bond acceptors (Lipinski definition) is 5. The number of likely N-dealkylation sites (N-methyl/N-ethyl adjacent to an activating group) is 2. The highest BCUT2D eigenvalue weighted by molar-refractivity contribution is 5.81. The molecule has 7 nitrogen and oxygen atoms in total. The van der Waals surface area contributed by atoms with Gasteiger partial charge in [-0.15, -0.1) is 0 Å². The Kier molecular flexibility index (Phi) is 6.45. The fourth-order valence-electron chi connectivity index (χ4n) is 1.89. The maximum absolute atomic E-state index is 11.5. The summed E-state index contributed by atoms with van der Waals surface area (Å²) in [6, 6.07) is 4.82. The molecule has 0 saturated carbocycles. The average Bonchev–Trinajstić information content (AvgIpc) is 2.49. The number of hydrogen-bond donors (Lipinski definition) is 2. The van der Waals surface area contributed by atoms with Crippen molar-refractivity contribution in [3.8, 4) is 0 Å². The quantitative estimate of drug-likeness (QED) is 0.565. The zero-order valence-electron chi connectivity index (χ0n) is 12.7. The van der Waals surface area contributed by atoms with Gasteiger partial charge in [0.05, 0.1) is 11.5 Å². The summed E-state index contributed by atoms with van der Waals surface area (Å²) < 4.78 is 0. The van der Waals surface area contributed by atoms with Crippen LogP contribution in [-0.2, 0) is 4.79 Å². The molecule has 2 N–H and O–H groups in total. The average molecular weight is 294 g/mol. The van der Waals surface area contributed by atoms with Gasteiger partial charge in [0, 0.05) is 43.6 Å². The van der Waals surface area contributed by atoms with Crippen LogP contribution >= 0.6 is 0 Å². The lowest BCUT2D eigenvalue weighted by Gasteiger charge is -2.22. The van der Waals surface area contributed by atoms with Crippen molar-refractivity contribution in [2.75, 3.05) is 36.9 Å². The fourth-order valence-corrected chi connectivity index (χ4v) is 1.89. The molecule has 0 heterocycles. The van der Waals surface area contributed by atoms with E-state index in [0.29, 0.717) is 17.9 Å². The minimum absolute atomic E-state index is 0.0152. The predicted octanol–water partition coefficient (Wildman–Crippen LogP) is 1.99. The van der Waals surface area contributed by atoms with Crippen LogP contribution in [0.2, 0.25) is 0 Å². The molecule has 0 fully saturated rings. The number of benzene rings is 1. The number of nitrogens with one attached hydrogen (secondary N) is 2. The summed E-state index contributed by atoms with van der Waals surface area (Å²) in [5, 5.41) is 16.7. The number of nitro benzene ring substituents is 1. The molecule has 0 radical (unpaired) electrons. The fraction of sp³-hybridized carbons (Fsp3) is 0.500. The third-order valence-corrected chi connectivity index (χ3v) is 3.05. The van der Waals surface area contributed by atoms with Crippen molar-refractivity contribution >= 4 is 23.0 Å². The van der Waals surface area contributed by atoms with E-state index in [1.54, 1.807) is 11.9 Å². The summed E-state index contributed by atoms with van der Waals surface area (Å²) in [5.74, 6) is -0.133. The molecular formula is C14H22N4O3. The molecule has 7 heteroatoms. The molecule has 0 saturated heterocycles. The summed E-state index contributed by atoms with van der Waals surface area (Å²) in [4.78, 5) is 23.9. The van der Waals surface area contributed by atoms with Gasteiger partial charge in [0.2, 0.25) is 5.91 Å². The molecule has 116 valence electrons. The number of anilines is 2. The van der Waals surface area contributed by atoms with Crippen LogP contribution in [-0.4, -0.2) is 37.5 Å². The first-order valence-electron chi connectivity index (χ1n) is 7.00. The molecule has 0 spiro atoms. The second-order valence-electron chi connectivity index (χ2n) is 4.61. The van der Waals surface area contributed by atoms with E-state index in [0.717, 1.165) is 13.0 Å². The first kappa shape index (κ1) is 16.7. The number of non-ortho nitro benzene ring substituents is 1. The minimum Gasteiger partial charge on any atom is -0.385 e. The highest BCUT2D eigenvalue weighted by Gasteiger charge is 2.15. The molecule has 0 atom stereocenters. The standard InChI is InChI=1S/C14H22N4O3/c1-4-6-16-11-7-12(9-13(8-11)18(20)21)17(5-2)10-14(19)15-3/h7-9,16H,4-6,10H2,1-3H3,(H,15,19). The summed E-state index contributed by atoms with van der Waals surface area (Å²) in [5.41, 5.74) is 1.37. The Morgan fingerprint density at radius 3 is 2.57 bits per heavy atom. The Morgan fingerprint density at radius 1 is 1.33 bits per heavy atom. The smallest absolute Gasteiger partial charge is 0.273 e. The van der Waals surface area contributed by atoms with Crippen LogP contribution in [0.15, 0.2) is 18.2 Å². The first-order chi connectivity index (χ1) is 10.0. The minimum atomic E-state index is -0.422. The van der Waals surface area contributed by atoms with Crippen molar-refractivity contribution < 1.29 is 9.72 Å². The monoisotopic (exact) mass is 294 g/mol. The molecule has 1 aromatic rings. The van der Waals surface area contributed by atoms with Crippen LogP contribution < -0.4 is 15.5 Å². The highest BCUT2D eigenvalue weighted by atomic mass is 16.6. The van der Waals surface area contributed by atoms with Gasteiger partial charge in [-0.05, 0) is 19.4 Å². The van der Waals surface area contributed by atoms with E-state index >= 15 is 0 Å². The number of amides is 1. The van der Waals surface area contributed by atoms with E-state index in [2.05, 4.69) is 10.6 Å². The summed E-state index contributed by atoms with van der Waals surface area (Å²) in [7, 11) is 1.57. The number of carbonyl (C=O) groups excluding carboxylic acids is 1. The zero-order valence-corrected chi connectivity index (χ0v) is 12.7. The molecule has 0 aromatic heterocycles. The third kappa shape index (κ3) is 4.94. The van der Waals surface area contributed by atoms with Gasteiger partial charge in [-0.25, -0.2) is 0 Å². The van der Waals surface area contributed by atoms with Gasteiger partial charge in [0.15, 0.2) is 0 Å². The topological polar surface area (TPSA) is 87.5 Å². The third-order valence-electron chi connectivity index (χ3n) is 3.05. The van der Waals surface area contributed by atoms with Crippen molar-refractivity contribution in [3.05, 3.63) is 28.3 Å². The highest BCUT2D eigenvalue weighted by Crippen LogP contribution is 2.27. The van der Waals surface area contributed by atoms with Crippen molar-refractivity contribution in [1.29, 1.82) is 0 Å². The molecule has 0 aliphatic heterocycles. The van der Waals surface area contributed by atoms with Gasteiger partial charge >= 0.3 is 0 Å². The molecule has 0 aliphatic rings. The normalized spacial score (nSPS) is 10.0. The second kappa shape index (κ2) is 8.08. The van der Waals surface area contributed by atoms with Gasteiger partial charge in [-0.3, -0.25) is 14.9 Å². The van der Waals surface area contributed by atoms with Crippen LogP contribution in [0.1, 0.15) is 20.3 Å². The molecule has 21 heavy (non-hydrogen) atoms. The number of nitro groups is 1. The van der Waals surface area contributed by atoms with E-state index in [1.807, 2.05) is 19.9 Å². The molecule has 0 unspecified atom stereocenters. The van der Waals surface area contributed by atoms with Gasteiger partial charge in [-0.2, -0.15) is 0 Å². The Morgan fingerprint density at radius 2 is 2.05 bits per heavy atom. The van der Waals surface area contributed by atoms with E-state index < -0.39 is 4.92 Å². The van der Waals surface area contributed by atoms with Gasteiger partial charge < -0.3 is 15.5 Å². The number of nitrogens with zero attached hydrogens (tertiary/aromatic N) is 2. The van der Waals surface area contributed by atoms with Gasteiger partial charge in [0.25, 0.3) is 5.69 Å². The molecule has 1 amide bonds. The van der Waals surface area contributed by atoms with Gasteiger partial charge in [-0.1, -0.05) is 6.92 Å². The van der Waals surface area contributed by atoms with Crippen LogP contribution in [0, 0.1) is 10.1 Å². The lowest BCUT2D eigenvalue weighted by atomic mass is 10.2. The largest absolute Gasteiger partial charge is 0.385 e. The maximum Gasteiger partial charge on any atom is 0.273 e. The second-order valence-corrected chi connectivity index (χ2v) is 4.61. The summed E-state index contributed by atoms with van der Waals surface area (Å²) >= 11 is 0. The molecule has 0 bridgehead atoms. The molecule has 1 rings (SSSR count). The summed E-state index contributed by atoms with van der Waals surface area (Å²) in [6.45, 7) is 5.42. The maximum atomic E-state index is 11.5. The van der Waals surface area contributed by atoms with Gasteiger partial charge in [0.1, 0.15) is 0 Å². The SMILES string of the molecule is CCCNc1cc(N(CC)CC(=O)NC)cc([N+](=O)[O-])c1. The van der Waals surface area contributed by atoms with E-state index in [9.17, 15) is 14.9 Å². The van der Waals surface area contributed by atoms with Crippen LogP contribution in [0.25, 0.3) is 0 Å². The Balaban J connectivity index is 3.09. The molecular weight excluding hydrogens is 272 g/mol. The Bertz CT molecular complexity index is 505. The molecule has 1 aromatic carbocycles. The number of rotatable bonds is 8. The van der Waals surface area contributed by atoms with Crippen LogP contribution in [0.3, 0.4) is 0 Å². The predicted molar refractivity (Wildman–Crippen MR) is 83.8 cm³/mol. The van der Waals surface area contributed by atoms with E-state index in [1.165, 1.54) is 12.1 Å². The number of carbonyl (C=O) groups is 1. The van der Waals surface area contributed by atoms with Crippen LogP contribution in [0.5, 0.6) is 0 Å². The lowest BCUT2D eigenvalue weighted by Crippen LogP contribution is -2.35. The van der Waals surface area contributed by atoms with Crippen LogP contribution in [0.4, 0.5) is 17.1 Å². The van der Waals surface area contributed by atoms with E-state index in [-0.39, 0.29) is 18.1 Å². The van der Waals surface area contributed by atoms with Crippen molar-refractivity contribution in [2.24, 2.45) is 0 Å². The Labute approximate surface area is 124 Å². The molecule has 0 aliphatic carbocycles.